The van der Waals surface area contributed by atoms with Gasteiger partial charge in [-0.05, 0) is 25.3 Å². The first-order chi connectivity index (χ1) is 12.7. The van der Waals surface area contributed by atoms with Gasteiger partial charge in [0.1, 0.15) is 6.04 Å². The van der Waals surface area contributed by atoms with Crippen LogP contribution in [0.4, 0.5) is 4.79 Å². The number of carbonyl (C=O) groups excluding carboxylic acids is 2. The summed E-state index contributed by atoms with van der Waals surface area (Å²) in [5.41, 5.74) is 0.965. The topological polar surface area (TPSA) is 127 Å². The Hall–Kier alpha value is -1.94. The molecule has 1 aromatic carbocycles. The number of urea groups is 1. The maximum atomic E-state index is 12.6. The van der Waals surface area contributed by atoms with Crippen molar-refractivity contribution >= 4 is 23.9 Å². The Morgan fingerprint density at radius 2 is 1.86 bits per heavy atom. The van der Waals surface area contributed by atoms with Gasteiger partial charge in [0, 0.05) is 7.05 Å². The van der Waals surface area contributed by atoms with Crippen LogP contribution >= 0.6 is 0 Å². The number of imide groups is 1. The number of aliphatic carboxylic acids is 2. The molecule has 1 aliphatic heterocycles. The smallest absolute Gasteiger partial charge is 1.00 e. The first-order valence-electron chi connectivity index (χ1n) is 8.56. The fourth-order valence-electron chi connectivity index (χ4n) is 2.99. The SMILES string of the molecule is C[C@H](N[C@@H](CCc1ccccc1)C(=O)O)C(=O)N1C(=O)N(C)C[C@H]1C(=O)O.[H-].[Na+]. The Kier molecular flexibility index (Phi) is 9.09. The van der Waals surface area contributed by atoms with Crippen molar-refractivity contribution in [3.63, 3.8) is 0 Å². The van der Waals surface area contributed by atoms with Crippen molar-refractivity contribution in [3.8, 4) is 0 Å². The third-order valence-corrected chi connectivity index (χ3v) is 4.50. The minimum Gasteiger partial charge on any atom is -1.00 e. The Morgan fingerprint density at radius 1 is 1.25 bits per heavy atom. The van der Waals surface area contributed by atoms with E-state index in [-0.39, 0.29) is 43.9 Å². The number of rotatable bonds is 8. The van der Waals surface area contributed by atoms with E-state index in [0.717, 1.165) is 10.5 Å². The van der Waals surface area contributed by atoms with Crippen molar-refractivity contribution in [2.24, 2.45) is 0 Å². The molecule has 3 atom stereocenters. The second kappa shape index (κ2) is 10.6. The fourth-order valence-corrected chi connectivity index (χ4v) is 2.99. The molecular formula is C18H24N3NaO6. The van der Waals surface area contributed by atoms with Gasteiger partial charge in [0.15, 0.2) is 6.04 Å². The quantitative estimate of drug-likeness (QED) is 0.412. The van der Waals surface area contributed by atoms with Crippen LogP contribution in [0.5, 0.6) is 0 Å². The van der Waals surface area contributed by atoms with E-state index in [2.05, 4.69) is 5.32 Å². The molecule has 0 spiro atoms. The second-order valence-electron chi connectivity index (χ2n) is 6.53. The van der Waals surface area contributed by atoms with Crippen LogP contribution in [0, 0.1) is 0 Å². The Morgan fingerprint density at radius 3 is 2.39 bits per heavy atom. The van der Waals surface area contributed by atoms with Gasteiger partial charge in [-0.2, -0.15) is 0 Å². The van der Waals surface area contributed by atoms with Crippen molar-refractivity contribution in [2.75, 3.05) is 13.6 Å². The van der Waals surface area contributed by atoms with Gasteiger partial charge in [-0.15, -0.1) is 0 Å². The predicted molar refractivity (Wildman–Crippen MR) is 96.2 cm³/mol. The Balaban J connectivity index is 0.00000392. The molecule has 3 N–H and O–H groups in total. The third kappa shape index (κ3) is 5.78. The van der Waals surface area contributed by atoms with Crippen molar-refractivity contribution in [1.82, 2.24) is 15.1 Å². The number of carbonyl (C=O) groups is 4. The molecule has 10 heteroatoms. The maximum absolute atomic E-state index is 12.6. The Bertz CT molecular complexity index is 736. The molecule has 1 saturated heterocycles. The predicted octanol–water partition coefficient (Wildman–Crippen LogP) is -2.49. The van der Waals surface area contributed by atoms with Gasteiger partial charge in [0.25, 0.3) is 0 Å². The molecule has 1 fully saturated rings. The number of likely N-dealkylation sites (N-methyl/N-ethyl adjacent to an activating group) is 1. The zero-order valence-electron chi connectivity index (χ0n) is 17.2. The maximum Gasteiger partial charge on any atom is 1.00 e. The number of benzene rings is 1. The van der Waals surface area contributed by atoms with Gasteiger partial charge in [0.2, 0.25) is 5.91 Å². The molecule has 0 radical (unpaired) electrons. The number of aryl methyl sites for hydroxylation is 1. The third-order valence-electron chi connectivity index (χ3n) is 4.50. The summed E-state index contributed by atoms with van der Waals surface area (Å²) in [6, 6.07) is 5.29. The van der Waals surface area contributed by atoms with E-state index in [1.54, 1.807) is 0 Å². The first kappa shape index (κ1) is 24.1. The Labute approximate surface area is 186 Å². The van der Waals surface area contributed by atoms with Crippen LogP contribution < -0.4 is 34.9 Å². The molecule has 2 rings (SSSR count). The fraction of sp³-hybridized carbons (Fsp3) is 0.444. The number of nitrogens with zero attached hydrogens (tertiary/aromatic N) is 2. The molecule has 9 nitrogen and oxygen atoms in total. The first-order valence-corrected chi connectivity index (χ1v) is 8.56. The van der Waals surface area contributed by atoms with E-state index in [1.165, 1.54) is 14.0 Å². The molecule has 1 aromatic rings. The van der Waals surface area contributed by atoms with Crippen molar-refractivity contribution in [1.29, 1.82) is 0 Å². The van der Waals surface area contributed by atoms with Gasteiger partial charge in [0.05, 0.1) is 12.6 Å². The molecule has 28 heavy (non-hydrogen) atoms. The van der Waals surface area contributed by atoms with Gasteiger partial charge in [-0.3, -0.25) is 14.9 Å². The summed E-state index contributed by atoms with van der Waals surface area (Å²) < 4.78 is 0. The molecule has 0 bridgehead atoms. The minimum atomic E-state index is -1.29. The minimum absolute atomic E-state index is 0. The van der Waals surface area contributed by atoms with Crippen LogP contribution in [-0.4, -0.2) is 75.6 Å². The summed E-state index contributed by atoms with van der Waals surface area (Å²) >= 11 is 0. The van der Waals surface area contributed by atoms with Crippen LogP contribution in [0.1, 0.15) is 20.3 Å². The molecule has 148 valence electrons. The molecular weight excluding hydrogens is 377 g/mol. The van der Waals surface area contributed by atoms with Crippen LogP contribution in [0.3, 0.4) is 0 Å². The van der Waals surface area contributed by atoms with Gasteiger partial charge in [-0.1, -0.05) is 30.3 Å². The van der Waals surface area contributed by atoms with Crippen molar-refractivity contribution in [2.45, 2.75) is 37.9 Å². The van der Waals surface area contributed by atoms with E-state index < -0.39 is 42.0 Å². The monoisotopic (exact) mass is 401 g/mol. The molecule has 0 saturated carbocycles. The van der Waals surface area contributed by atoms with Crippen LogP contribution in [0.25, 0.3) is 0 Å². The van der Waals surface area contributed by atoms with Gasteiger partial charge in [-0.25, -0.2) is 14.5 Å². The normalized spacial score (nSPS) is 18.4. The van der Waals surface area contributed by atoms with Crippen LogP contribution in [-0.2, 0) is 20.8 Å². The summed E-state index contributed by atoms with van der Waals surface area (Å²) in [7, 11) is 1.41. The van der Waals surface area contributed by atoms with Gasteiger partial charge < -0.3 is 16.5 Å². The molecule has 3 amide bonds. The standard InChI is InChI=1S/C18H23N3O6.Na.H/c1-11(15(22)21-14(17(25)26)10-20(2)18(21)27)19-13(16(23)24)9-8-12-6-4-3-5-7-12;;/h3-7,11,13-14,19H,8-10H2,1-2H3,(H,23,24)(H,25,26);;/q;+1;-1/t11-,13-,14-;;/m0../s1. The average molecular weight is 401 g/mol. The summed E-state index contributed by atoms with van der Waals surface area (Å²) in [5, 5.41) is 21.4. The van der Waals surface area contributed by atoms with Crippen LogP contribution in [0.2, 0.25) is 0 Å². The number of carboxylic acids is 2. The summed E-state index contributed by atoms with van der Waals surface area (Å²) in [4.78, 5) is 49.4. The number of hydrogen-bond donors (Lipinski definition) is 3. The number of nitrogens with one attached hydrogen (secondary N) is 1. The molecule has 0 aliphatic carbocycles. The van der Waals surface area contributed by atoms with E-state index in [1.807, 2.05) is 30.3 Å². The average Bonchev–Trinajstić information content (AvgIpc) is 2.93. The zero-order valence-corrected chi connectivity index (χ0v) is 18.2. The summed E-state index contributed by atoms with van der Waals surface area (Å²) in [5.74, 6) is -3.17. The number of hydrogen-bond acceptors (Lipinski definition) is 5. The molecule has 0 unspecified atom stereocenters. The number of carboxylic acid groups (broad SMARTS) is 2. The number of amides is 3. The summed E-state index contributed by atoms with van der Waals surface area (Å²) in [6.45, 7) is 1.31. The zero-order chi connectivity index (χ0) is 20.1. The molecule has 1 heterocycles. The molecule has 1 aliphatic rings. The molecule has 0 aromatic heterocycles. The van der Waals surface area contributed by atoms with E-state index in [9.17, 15) is 29.4 Å². The van der Waals surface area contributed by atoms with E-state index >= 15 is 0 Å². The largest absolute Gasteiger partial charge is 1.00 e. The van der Waals surface area contributed by atoms with Gasteiger partial charge >= 0.3 is 47.5 Å². The van der Waals surface area contributed by atoms with E-state index in [0.29, 0.717) is 11.3 Å². The van der Waals surface area contributed by atoms with E-state index in [4.69, 9.17) is 0 Å². The second-order valence-corrected chi connectivity index (χ2v) is 6.53. The van der Waals surface area contributed by atoms with Crippen molar-refractivity contribution < 1.29 is 60.4 Å². The van der Waals surface area contributed by atoms with Crippen LogP contribution in [0.15, 0.2) is 30.3 Å². The van der Waals surface area contributed by atoms with Crippen molar-refractivity contribution in [3.05, 3.63) is 35.9 Å². The summed E-state index contributed by atoms with van der Waals surface area (Å²) in [6.07, 6.45) is 0.738.